The predicted octanol–water partition coefficient (Wildman–Crippen LogP) is 2.46. The summed E-state index contributed by atoms with van der Waals surface area (Å²) in [7, 11) is -4.08. The number of furan rings is 1. The van der Waals surface area contributed by atoms with Crippen LogP contribution >= 0.6 is 11.3 Å². The van der Waals surface area contributed by atoms with Gasteiger partial charge < -0.3 is 9.52 Å². The number of non-ortho nitro benzene ring substituents is 1. The molecule has 2 N–H and O–H groups in total. The van der Waals surface area contributed by atoms with Crippen molar-refractivity contribution in [2.45, 2.75) is 10.5 Å². The molecule has 2 aromatic heterocycles. The van der Waals surface area contributed by atoms with Crippen LogP contribution < -0.4 is 4.72 Å². The maximum Gasteiger partial charge on any atom is 0.270 e. The van der Waals surface area contributed by atoms with E-state index in [0.717, 1.165) is 6.07 Å². The molecule has 0 saturated carbocycles. The Morgan fingerprint density at radius 1 is 1.23 bits per heavy atom. The lowest BCUT2D eigenvalue weighted by Gasteiger charge is -2.25. The lowest BCUT2D eigenvalue weighted by atomic mass is 9.99. The minimum atomic E-state index is -4.08. The van der Waals surface area contributed by atoms with Gasteiger partial charge in [-0.05, 0) is 29.6 Å². The van der Waals surface area contributed by atoms with Crippen LogP contribution in [0, 0.1) is 10.1 Å². The summed E-state index contributed by atoms with van der Waals surface area (Å²) in [5.41, 5.74) is -2.04. The Labute approximate surface area is 152 Å². The molecule has 0 fully saturated rings. The number of hydrogen-bond acceptors (Lipinski definition) is 7. The Balaban J connectivity index is 1.90. The molecule has 0 aliphatic carbocycles. The van der Waals surface area contributed by atoms with Gasteiger partial charge in [-0.15, -0.1) is 11.3 Å². The van der Waals surface area contributed by atoms with Crippen molar-refractivity contribution in [3.05, 3.63) is 80.9 Å². The molecular formula is C16H14N2O6S2. The van der Waals surface area contributed by atoms with Crippen LogP contribution in [0.5, 0.6) is 0 Å². The Morgan fingerprint density at radius 3 is 2.65 bits per heavy atom. The van der Waals surface area contributed by atoms with Crippen LogP contribution in [-0.4, -0.2) is 25.0 Å². The van der Waals surface area contributed by atoms with Gasteiger partial charge in [0.1, 0.15) is 5.76 Å². The molecule has 0 spiro atoms. The molecule has 26 heavy (non-hydrogen) atoms. The Bertz CT molecular complexity index is 963. The van der Waals surface area contributed by atoms with Gasteiger partial charge in [0, 0.05) is 17.0 Å². The summed E-state index contributed by atoms with van der Waals surface area (Å²) in [5.74, 6) is 0.182. The van der Waals surface area contributed by atoms with Crippen LogP contribution in [0.2, 0.25) is 0 Å². The number of thiophene rings is 1. The summed E-state index contributed by atoms with van der Waals surface area (Å²) in [6.45, 7) is -0.397. The fourth-order valence-corrected chi connectivity index (χ4v) is 4.30. The number of nitrogens with zero attached hydrogens (tertiary/aromatic N) is 1. The molecule has 0 saturated heterocycles. The van der Waals surface area contributed by atoms with Crippen molar-refractivity contribution >= 4 is 27.0 Å². The summed E-state index contributed by atoms with van der Waals surface area (Å²) in [5, 5.41) is 23.7. The number of nitrogens with one attached hydrogen (secondary N) is 1. The zero-order valence-corrected chi connectivity index (χ0v) is 14.9. The van der Waals surface area contributed by atoms with Crippen LogP contribution in [0.25, 0.3) is 0 Å². The minimum Gasteiger partial charge on any atom is -0.466 e. The second kappa shape index (κ2) is 7.00. The van der Waals surface area contributed by atoms with Crippen molar-refractivity contribution in [1.29, 1.82) is 0 Å². The van der Waals surface area contributed by atoms with E-state index in [0.29, 0.717) is 4.88 Å². The topological polar surface area (TPSA) is 123 Å². The number of aliphatic hydroxyl groups is 1. The van der Waals surface area contributed by atoms with Crippen LogP contribution in [0.3, 0.4) is 0 Å². The molecular weight excluding hydrogens is 380 g/mol. The quantitative estimate of drug-likeness (QED) is 0.469. The predicted molar refractivity (Wildman–Crippen MR) is 94.3 cm³/mol. The van der Waals surface area contributed by atoms with E-state index < -0.39 is 27.1 Å². The number of rotatable bonds is 7. The molecule has 0 bridgehead atoms. The highest BCUT2D eigenvalue weighted by atomic mass is 32.2. The summed E-state index contributed by atoms with van der Waals surface area (Å²) in [4.78, 5) is 10.4. The normalized spacial score (nSPS) is 14.0. The van der Waals surface area contributed by atoms with Gasteiger partial charge in [0.15, 0.2) is 5.60 Å². The van der Waals surface area contributed by atoms with Crippen molar-refractivity contribution in [2.24, 2.45) is 0 Å². The van der Waals surface area contributed by atoms with E-state index >= 15 is 0 Å². The van der Waals surface area contributed by atoms with Gasteiger partial charge in [0.05, 0.1) is 22.6 Å². The molecule has 0 aliphatic heterocycles. The zero-order valence-electron chi connectivity index (χ0n) is 13.2. The third-order valence-electron chi connectivity index (χ3n) is 3.71. The highest BCUT2D eigenvalue weighted by molar-refractivity contribution is 7.89. The number of benzene rings is 1. The first-order valence-corrected chi connectivity index (χ1v) is 9.74. The largest absolute Gasteiger partial charge is 0.466 e. The number of hydrogen-bond donors (Lipinski definition) is 2. The maximum absolute atomic E-state index is 12.5. The standard InChI is InChI=1S/C16H14N2O6S2/c19-16(14-6-2-8-24-14,15-7-3-9-25-15)11-17-26(22,23)13-5-1-4-12(10-13)18(20)21/h1-10,17,19H,11H2. The first kappa shape index (κ1) is 18.3. The number of sulfonamides is 1. The van der Waals surface area contributed by atoms with E-state index in [4.69, 9.17) is 4.42 Å². The molecule has 0 amide bonds. The smallest absolute Gasteiger partial charge is 0.270 e. The third kappa shape index (κ3) is 3.53. The third-order valence-corrected chi connectivity index (χ3v) is 6.13. The Kier molecular flexibility index (Phi) is 4.92. The minimum absolute atomic E-state index is 0.182. The van der Waals surface area contributed by atoms with E-state index in [1.54, 1.807) is 29.6 Å². The molecule has 10 heteroatoms. The van der Waals surface area contributed by atoms with Crippen LogP contribution in [0.15, 0.2) is 69.5 Å². The number of nitro groups is 1. The molecule has 8 nitrogen and oxygen atoms in total. The van der Waals surface area contributed by atoms with Crippen molar-refractivity contribution in [3.8, 4) is 0 Å². The lowest BCUT2D eigenvalue weighted by Crippen LogP contribution is -2.40. The fraction of sp³-hybridized carbons (Fsp3) is 0.125. The van der Waals surface area contributed by atoms with Crippen LogP contribution in [0.4, 0.5) is 5.69 Å². The van der Waals surface area contributed by atoms with Gasteiger partial charge in [0.2, 0.25) is 10.0 Å². The van der Waals surface area contributed by atoms with Gasteiger partial charge in [0.25, 0.3) is 5.69 Å². The molecule has 1 unspecified atom stereocenters. The van der Waals surface area contributed by atoms with E-state index in [2.05, 4.69) is 4.72 Å². The van der Waals surface area contributed by atoms with Gasteiger partial charge >= 0.3 is 0 Å². The summed E-state index contributed by atoms with van der Waals surface area (Å²) in [6, 6.07) is 11.2. The van der Waals surface area contributed by atoms with E-state index in [1.807, 2.05) is 0 Å². The van der Waals surface area contributed by atoms with Gasteiger partial charge in [-0.1, -0.05) is 12.1 Å². The fourth-order valence-electron chi connectivity index (χ4n) is 2.37. The molecule has 1 aromatic carbocycles. The lowest BCUT2D eigenvalue weighted by molar-refractivity contribution is -0.385. The van der Waals surface area contributed by atoms with Crippen molar-refractivity contribution in [3.63, 3.8) is 0 Å². The highest BCUT2D eigenvalue weighted by Crippen LogP contribution is 2.33. The molecule has 2 heterocycles. The van der Waals surface area contributed by atoms with Crippen LogP contribution in [-0.2, 0) is 15.6 Å². The first-order chi connectivity index (χ1) is 12.3. The molecule has 3 rings (SSSR count). The monoisotopic (exact) mass is 394 g/mol. The molecule has 0 aliphatic rings. The Morgan fingerprint density at radius 2 is 2.04 bits per heavy atom. The van der Waals surface area contributed by atoms with E-state index in [1.165, 1.54) is 35.8 Å². The van der Waals surface area contributed by atoms with Gasteiger partial charge in [-0.25, -0.2) is 13.1 Å². The molecule has 136 valence electrons. The second-order valence-corrected chi connectivity index (χ2v) is 8.11. The van der Waals surface area contributed by atoms with E-state index in [9.17, 15) is 23.6 Å². The average molecular weight is 394 g/mol. The highest BCUT2D eigenvalue weighted by Gasteiger charge is 2.37. The summed E-state index contributed by atoms with van der Waals surface area (Å²) < 4.78 is 32.6. The maximum atomic E-state index is 12.5. The average Bonchev–Trinajstić information content (AvgIpc) is 3.33. The summed E-state index contributed by atoms with van der Waals surface area (Å²) in [6.07, 6.45) is 1.38. The van der Waals surface area contributed by atoms with Crippen molar-refractivity contribution in [1.82, 2.24) is 4.72 Å². The number of nitro benzene ring substituents is 1. The molecule has 1 atom stereocenters. The SMILES string of the molecule is O=[N+]([O-])c1cccc(S(=O)(=O)NCC(O)(c2ccco2)c2cccs2)c1. The van der Waals surface area contributed by atoms with E-state index in [-0.39, 0.29) is 16.3 Å². The zero-order chi connectivity index (χ0) is 18.8. The van der Waals surface area contributed by atoms with Crippen molar-refractivity contribution in [2.75, 3.05) is 6.54 Å². The first-order valence-electron chi connectivity index (χ1n) is 7.37. The molecule has 3 aromatic rings. The Hall–Kier alpha value is -2.53. The second-order valence-electron chi connectivity index (χ2n) is 5.39. The van der Waals surface area contributed by atoms with Gasteiger partial charge in [-0.3, -0.25) is 10.1 Å². The van der Waals surface area contributed by atoms with Crippen LogP contribution in [0.1, 0.15) is 10.6 Å². The van der Waals surface area contributed by atoms with Gasteiger partial charge in [-0.2, -0.15) is 0 Å². The molecule has 0 radical (unpaired) electrons. The summed E-state index contributed by atoms with van der Waals surface area (Å²) >= 11 is 1.25. The van der Waals surface area contributed by atoms with Crippen molar-refractivity contribution < 1.29 is 22.9 Å².